The summed E-state index contributed by atoms with van der Waals surface area (Å²) in [5, 5.41) is 6.84. The molecule has 0 aliphatic carbocycles. The van der Waals surface area contributed by atoms with Crippen molar-refractivity contribution in [2.24, 2.45) is 0 Å². The number of carbonyl (C=O) groups excluding carboxylic acids is 2. The SMILES string of the molecule is CCCCN(OS(=O)(=O)ON1C(=O)N2C[C@@H]1CC[C@H]2c1cc(COC2CN(C(=O)OC(C)(C)C)C2)on1)C(CCC)(CCCC)CCCC. The Kier molecular flexibility index (Phi) is 13.8. The van der Waals surface area contributed by atoms with Gasteiger partial charge >= 0.3 is 22.5 Å². The van der Waals surface area contributed by atoms with Crippen molar-refractivity contribution in [3.8, 4) is 0 Å². The van der Waals surface area contributed by atoms with Gasteiger partial charge in [0.25, 0.3) is 0 Å². The van der Waals surface area contributed by atoms with E-state index in [1.807, 2.05) is 20.8 Å². The maximum absolute atomic E-state index is 13.6. The fraction of sp³-hybridized carbons (Fsp3) is 0.853. The molecule has 1 aromatic heterocycles. The minimum Gasteiger partial charge on any atom is -0.444 e. The normalized spacial score (nSPS) is 20.4. The monoisotopic (exact) mass is 713 g/mol. The van der Waals surface area contributed by atoms with Gasteiger partial charge < -0.3 is 23.8 Å². The Morgan fingerprint density at radius 3 is 2.27 bits per heavy atom. The number of amides is 3. The van der Waals surface area contributed by atoms with Gasteiger partial charge in [-0.2, -0.15) is 22.8 Å². The van der Waals surface area contributed by atoms with Crippen LogP contribution in [0.15, 0.2) is 10.6 Å². The van der Waals surface area contributed by atoms with E-state index >= 15 is 0 Å². The number of fused-ring (bicyclic) bond motifs is 2. The van der Waals surface area contributed by atoms with Crippen LogP contribution in [-0.4, -0.2) is 95.1 Å². The quantitative estimate of drug-likeness (QED) is 0.130. The van der Waals surface area contributed by atoms with Gasteiger partial charge in [0.15, 0.2) is 5.76 Å². The highest BCUT2D eigenvalue weighted by Gasteiger charge is 2.49. The van der Waals surface area contributed by atoms with Crippen molar-refractivity contribution in [1.29, 1.82) is 0 Å². The number of piperidine rings is 1. The molecule has 15 heteroatoms. The first-order valence-corrected chi connectivity index (χ1v) is 19.6. The molecule has 0 spiro atoms. The van der Waals surface area contributed by atoms with E-state index in [1.54, 1.807) is 20.9 Å². The molecule has 49 heavy (non-hydrogen) atoms. The summed E-state index contributed by atoms with van der Waals surface area (Å²) in [5.74, 6) is 0.498. The van der Waals surface area contributed by atoms with E-state index in [0.29, 0.717) is 50.5 Å². The molecule has 14 nitrogen and oxygen atoms in total. The number of carbonyl (C=O) groups is 2. The van der Waals surface area contributed by atoms with Crippen LogP contribution in [0.1, 0.15) is 143 Å². The summed E-state index contributed by atoms with van der Waals surface area (Å²) in [6.45, 7) is 15.7. The molecule has 3 aliphatic heterocycles. The average molecular weight is 714 g/mol. The highest BCUT2D eigenvalue weighted by molar-refractivity contribution is 7.81. The van der Waals surface area contributed by atoms with Gasteiger partial charge in [-0.05, 0) is 59.3 Å². The van der Waals surface area contributed by atoms with Crippen LogP contribution in [0, 0.1) is 0 Å². The van der Waals surface area contributed by atoms with Gasteiger partial charge in [-0.25, -0.2) is 9.59 Å². The Balaban J connectivity index is 1.36. The summed E-state index contributed by atoms with van der Waals surface area (Å²) in [6.07, 6.45) is 9.51. The van der Waals surface area contributed by atoms with Crippen LogP contribution < -0.4 is 0 Å². The summed E-state index contributed by atoms with van der Waals surface area (Å²) >= 11 is 0. The lowest BCUT2D eigenvalue weighted by Crippen LogP contribution is -2.55. The number of hydrogen-bond acceptors (Lipinski definition) is 11. The number of rotatable bonds is 20. The van der Waals surface area contributed by atoms with Gasteiger partial charge in [0.2, 0.25) is 0 Å². The van der Waals surface area contributed by atoms with Crippen molar-refractivity contribution in [3.63, 3.8) is 0 Å². The molecular weight excluding hydrogens is 654 g/mol. The first kappa shape index (κ1) is 39.3. The predicted octanol–water partition coefficient (Wildman–Crippen LogP) is 6.88. The van der Waals surface area contributed by atoms with Gasteiger partial charge in [0.1, 0.15) is 17.9 Å². The highest BCUT2D eigenvalue weighted by Crippen LogP contribution is 2.40. The first-order chi connectivity index (χ1) is 23.2. The highest BCUT2D eigenvalue weighted by atomic mass is 32.3. The van der Waals surface area contributed by atoms with E-state index in [0.717, 1.165) is 69.3 Å². The fourth-order valence-electron chi connectivity index (χ4n) is 6.91. The van der Waals surface area contributed by atoms with Crippen LogP contribution in [0.5, 0.6) is 0 Å². The number of urea groups is 1. The maximum atomic E-state index is 13.6. The molecule has 3 fully saturated rings. The predicted molar refractivity (Wildman–Crippen MR) is 182 cm³/mol. The molecule has 3 saturated heterocycles. The van der Waals surface area contributed by atoms with E-state index in [4.69, 9.17) is 22.6 Å². The summed E-state index contributed by atoms with van der Waals surface area (Å²) in [6, 6.07) is 0.380. The van der Waals surface area contributed by atoms with Crippen molar-refractivity contribution < 1.29 is 40.6 Å². The summed E-state index contributed by atoms with van der Waals surface area (Å²) < 4.78 is 55.2. The molecule has 0 unspecified atom stereocenters. The first-order valence-electron chi connectivity index (χ1n) is 18.3. The number of likely N-dealkylation sites (tertiary alicyclic amines) is 1. The second-order valence-electron chi connectivity index (χ2n) is 14.7. The standard InChI is InChI=1S/C34H59N5O9S/c1-8-12-18-34(17-11-4,19-13-9-2)38(20-14-10-3)47-49(42,43)48-39-26-15-16-30(37(22-26)31(39)40)29-21-27(46-35-29)25-44-28-23-36(24-28)32(41)45-33(5,6)7/h21,26,28,30H,8-20,22-25H2,1-7H3/t26-,30-/m0/s1. The van der Waals surface area contributed by atoms with Crippen molar-refractivity contribution in [1.82, 2.24) is 25.1 Å². The van der Waals surface area contributed by atoms with E-state index in [1.165, 1.54) is 0 Å². The largest absolute Gasteiger partial charge is 0.444 e. The number of nitrogens with zero attached hydrogens (tertiary/aromatic N) is 5. The maximum Gasteiger partial charge on any atom is 0.437 e. The minimum atomic E-state index is -4.61. The molecule has 3 aliphatic rings. The zero-order valence-corrected chi connectivity index (χ0v) is 31.5. The van der Waals surface area contributed by atoms with E-state index in [-0.39, 0.29) is 18.8 Å². The summed E-state index contributed by atoms with van der Waals surface area (Å²) in [5.41, 5.74) is -0.424. The van der Waals surface area contributed by atoms with Gasteiger partial charge in [-0.15, -0.1) is 4.28 Å². The molecule has 2 atom stereocenters. The molecular formula is C34H59N5O9S. The van der Waals surface area contributed by atoms with Crippen molar-refractivity contribution in [2.75, 3.05) is 26.2 Å². The number of unbranched alkanes of at least 4 members (excludes halogenated alkanes) is 3. The molecule has 3 amide bonds. The van der Waals surface area contributed by atoms with Crippen LogP contribution in [0.2, 0.25) is 0 Å². The van der Waals surface area contributed by atoms with E-state index in [9.17, 15) is 18.0 Å². The van der Waals surface area contributed by atoms with E-state index in [2.05, 4.69) is 32.9 Å². The Hall–Kier alpha value is -2.46. The third-order valence-corrected chi connectivity index (χ3v) is 10.2. The van der Waals surface area contributed by atoms with Gasteiger partial charge in [-0.1, -0.05) is 71.4 Å². The summed E-state index contributed by atoms with van der Waals surface area (Å²) in [4.78, 5) is 28.9. The molecule has 280 valence electrons. The Bertz CT molecular complexity index is 1320. The third kappa shape index (κ3) is 10.3. The Morgan fingerprint density at radius 1 is 0.980 bits per heavy atom. The lowest BCUT2D eigenvalue weighted by Gasteiger charge is -2.43. The molecule has 0 aromatic carbocycles. The fourth-order valence-corrected chi connectivity index (χ4v) is 7.78. The Morgan fingerprint density at radius 2 is 1.65 bits per heavy atom. The topological polar surface area (TPSA) is 144 Å². The zero-order valence-electron chi connectivity index (χ0n) is 30.6. The van der Waals surface area contributed by atoms with Crippen LogP contribution >= 0.6 is 0 Å². The Labute approximate surface area is 292 Å². The van der Waals surface area contributed by atoms with Crippen molar-refractivity contribution >= 4 is 22.5 Å². The van der Waals surface area contributed by atoms with Crippen molar-refractivity contribution in [2.45, 2.75) is 161 Å². The lowest BCUT2D eigenvalue weighted by molar-refractivity contribution is -0.172. The van der Waals surface area contributed by atoms with Crippen LogP contribution in [0.25, 0.3) is 0 Å². The number of ether oxygens (including phenoxy) is 2. The molecule has 1 aromatic rings. The molecule has 0 saturated carbocycles. The molecule has 0 N–H and O–H groups in total. The van der Waals surface area contributed by atoms with Gasteiger partial charge in [-0.3, -0.25) is 0 Å². The lowest BCUT2D eigenvalue weighted by atomic mass is 9.82. The summed E-state index contributed by atoms with van der Waals surface area (Å²) in [7, 11) is -4.61. The van der Waals surface area contributed by atoms with Gasteiger partial charge in [0.05, 0.1) is 31.3 Å². The van der Waals surface area contributed by atoms with Crippen molar-refractivity contribution in [3.05, 3.63) is 17.5 Å². The van der Waals surface area contributed by atoms with Crippen LogP contribution in [-0.2, 0) is 35.0 Å². The van der Waals surface area contributed by atoms with E-state index < -0.39 is 39.7 Å². The minimum absolute atomic E-state index is 0.144. The average Bonchev–Trinajstić information content (AvgIpc) is 3.58. The number of hydroxylamine groups is 4. The molecule has 4 rings (SSSR count). The smallest absolute Gasteiger partial charge is 0.437 e. The van der Waals surface area contributed by atoms with Crippen LogP contribution in [0.4, 0.5) is 9.59 Å². The third-order valence-electron chi connectivity index (χ3n) is 9.51. The number of aromatic nitrogens is 1. The number of hydrogen-bond donors (Lipinski definition) is 0. The molecule has 4 heterocycles. The van der Waals surface area contributed by atoms with Crippen LogP contribution in [0.3, 0.4) is 0 Å². The second-order valence-corrected chi connectivity index (χ2v) is 15.9. The molecule has 2 bridgehead atoms. The van der Waals surface area contributed by atoms with Gasteiger partial charge in [0, 0.05) is 24.7 Å². The zero-order chi connectivity index (χ0) is 35.8. The second kappa shape index (κ2) is 17.2. The molecule has 0 radical (unpaired) electrons.